The third-order valence-electron chi connectivity index (χ3n) is 4.57. The number of furan rings is 1. The van der Waals surface area contributed by atoms with Gasteiger partial charge in [0.25, 0.3) is 0 Å². The Bertz CT molecular complexity index is 722. The van der Waals surface area contributed by atoms with E-state index in [9.17, 15) is 4.79 Å². The van der Waals surface area contributed by atoms with E-state index in [0.717, 1.165) is 35.9 Å². The van der Waals surface area contributed by atoms with Crippen LogP contribution in [0.3, 0.4) is 0 Å². The average molecular weight is 358 g/mol. The predicted molar refractivity (Wildman–Crippen MR) is 98.3 cm³/mol. The number of aryl methyl sites for hydroxylation is 1. The van der Waals surface area contributed by atoms with Gasteiger partial charge in [0, 0.05) is 19.6 Å². The number of methoxy groups -OCH3 is 1. The summed E-state index contributed by atoms with van der Waals surface area (Å²) >= 11 is 0. The van der Waals surface area contributed by atoms with E-state index >= 15 is 0 Å². The molecular formula is C20H26N2O4. The van der Waals surface area contributed by atoms with E-state index in [1.165, 1.54) is 0 Å². The highest BCUT2D eigenvalue weighted by molar-refractivity contribution is 5.78. The summed E-state index contributed by atoms with van der Waals surface area (Å²) in [4.78, 5) is 14.7. The maximum absolute atomic E-state index is 12.4. The molecule has 1 atom stereocenters. The number of morpholine rings is 1. The Labute approximate surface area is 154 Å². The van der Waals surface area contributed by atoms with E-state index in [4.69, 9.17) is 13.9 Å². The van der Waals surface area contributed by atoms with Crippen molar-refractivity contribution in [3.05, 3.63) is 53.5 Å². The molecule has 140 valence electrons. The van der Waals surface area contributed by atoms with Crippen LogP contribution in [0.2, 0.25) is 0 Å². The second-order valence-corrected chi connectivity index (χ2v) is 6.44. The Morgan fingerprint density at radius 3 is 2.77 bits per heavy atom. The summed E-state index contributed by atoms with van der Waals surface area (Å²) in [5, 5.41) is 3.05. The van der Waals surface area contributed by atoms with Crippen LogP contribution in [0.15, 0.2) is 40.8 Å². The van der Waals surface area contributed by atoms with E-state index < -0.39 is 0 Å². The van der Waals surface area contributed by atoms with E-state index in [1.54, 1.807) is 7.11 Å². The van der Waals surface area contributed by atoms with Crippen LogP contribution in [-0.4, -0.2) is 50.8 Å². The maximum atomic E-state index is 12.4. The minimum absolute atomic E-state index is 0.0141. The minimum atomic E-state index is -0.0141. The zero-order valence-corrected chi connectivity index (χ0v) is 15.4. The Balaban J connectivity index is 1.62. The molecule has 6 heteroatoms. The molecule has 1 amide bonds. The highest BCUT2D eigenvalue weighted by Crippen LogP contribution is 2.23. The molecule has 0 aliphatic carbocycles. The van der Waals surface area contributed by atoms with Crippen molar-refractivity contribution < 1.29 is 18.7 Å². The van der Waals surface area contributed by atoms with Gasteiger partial charge >= 0.3 is 0 Å². The van der Waals surface area contributed by atoms with Crippen LogP contribution < -0.4 is 10.1 Å². The summed E-state index contributed by atoms with van der Waals surface area (Å²) in [5.41, 5.74) is 0.929. The molecule has 2 aromatic rings. The highest BCUT2D eigenvalue weighted by Gasteiger charge is 2.25. The van der Waals surface area contributed by atoms with Gasteiger partial charge in [0.1, 0.15) is 17.3 Å². The van der Waals surface area contributed by atoms with Crippen LogP contribution in [0.1, 0.15) is 23.1 Å². The molecule has 1 fully saturated rings. The first-order chi connectivity index (χ1) is 12.7. The number of ether oxygens (including phenoxy) is 2. The molecule has 0 bridgehead atoms. The molecule has 0 radical (unpaired) electrons. The van der Waals surface area contributed by atoms with E-state index in [0.29, 0.717) is 26.2 Å². The van der Waals surface area contributed by atoms with Gasteiger partial charge in [0.2, 0.25) is 5.91 Å². The summed E-state index contributed by atoms with van der Waals surface area (Å²) in [6.07, 6.45) is 0.324. The quantitative estimate of drug-likeness (QED) is 0.823. The van der Waals surface area contributed by atoms with Gasteiger partial charge in [-0.1, -0.05) is 12.1 Å². The van der Waals surface area contributed by atoms with Gasteiger partial charge in [-0.25, -0.2) is 0 Å². The predicted octanol–water partition coefficient (Wildman–Crippen LogP) is 2.33. The van der Waals surface area contributed by atoms with Crippen molar-refractivity contribution in [3.63, 3.8) is 0 Å². The largest absolute Gasteiger partial charge is 0.497 e. The summed E-state index contributed by atoms with van der Waals surface area (Å²) in [6, 6.07) is 11.5. The number of hydrogen-bond acceptors (Lipinski definition) is 5. The lowest BCUT2D eigenvalue weighted by molar-refractivity contribution is -0.120. The van der Waals surface area contributed by atoms with Crippen LogP contribution in [0.25, 0.3) is 0 Å². The van der Waals surface area contributed by atoms with Crippen molar-refractivity contribution in [1.29, 1.82) is 0 Å². The van der Waals surface area contributed by atoms with Crippen LogP contribution >= 0.6 is 0 Å². The maximum Gasteiger partial charge on any atom is 0.224 e. The van der Waals surface area contributed by atoms with Crippen molar-refractivity contribution in [2.24, 2.45) is 0 Å². The Morgan fingerprint density at radius 2 is 2.08 bits per heavy atom. The number of carbonyl (C=O) groups is 1. The number of nitrogens with one attached hydrogen (secondary N) is 1. The summed E-state index contributed by atoms with van der Waals surface area (Å²) in [6.45, 7) is 5.51. The van der Waals surface area contributed by atoms with Gasteiger partial charge in [-0.2, -0.15) is 0 Å². The van der Waals surface area contributed by atoms with Gasteiger partial charge in [0.05, 0.1) is 32.8 Å². The van der Waals surface area contributed by atoms with Gasteiger partial charge in [-0.15, -0.1) is 0 Å². The monoisotopic (exact) mass is 358 g/mol. The number of rotatable bonds is 7. The Hall–Kier alpha value is -2.31. The zero-order chi connectivity index (χ0) is 18.4. The van der Waals surface area contributed by atoms with Gasteiger partial charge in [0.15, 0.2) is 0 Å². The molecule has 26 heavy (non-hydrogen) atoms. The minimum Gasteiger partial charge on any atom is -0.497 e. The van der Waals surface area contributed by atoms with Crippen molar-refractivity contribution >= 4 is 5.91 Å². The molecule has 1 aromatic carbocycles. The molecular weight excluding hydrogens is 332 g/mol. The lowest BCUT2D eigenvalue weighted by Gasteiger charge is -2.33. The first-order valence-corrected chi connectivity index (χ1v) is 8.93. The normalized spacial score (nSPS) is 16.2. The number of benzene rings is 1. The van der Waals surface area contributed by atoms with Crippen molar-refractivity contribution in [1.82, 2.24) is 10.2 Å². The average Bonchev–Trinajstić information content (AvgIpc) is 3.09. The highest BCUT2D eigenvalue weighted by atomic mass is 16.5. The second-order valence-electron chi connectivity index (χ2n) is 6.44. The first-order valence-electron chi connectivity index (χ1n) is 8.93. The number of carbonyl (C=O) groups excluding carboxylic acids is 1. The van der Waals surface area contributed by atoms with E-state index in [1.807, 2.05) is 43.3 Å². The molecule has 1 aliphatic heterocycles. The van der Waals surface area contributed by atoms with Crippen LogP contribution in [-0.2, 0) is 16.0 Å². The standard InChI is InChI=1S/C20H26N2O4/c1-15-6-7-19(26-15)18(22-8-10-25-11-9-22)14-21-20(23)13-16-4-3-5-17(12-16)24-2/h3-7,12,18H,8-11,13-14H2,1-2H3,(H,21,23)/t18-/m1/s1. The van der Waals surface area contributed by atoms with Crippen molar-refractivity contribution in [3.8, 4) is 5.75 Å². The fourth-order valence-electron chi connectivity index (χ4n) is 3.17. The molecule has 0 unspecified atom stereocenters. The van der Waals surface area contributed by atoms with E-state index in [-0.39, 0.29) is 11.9 Å². The lowest BCUT2D eigenvalue weighted by Crippen LogP contribution is -2.43. The summed E-state index contributed by atoms with van der Waals surface area (Å²) in [7, 11) is 1.62. The number of hydrogen-bond donors (Lipinski definition) is 1. The fraction of sp³-hybridized carbons (Fsp3) is 0.450. The van der Waals surface area contributed by atoms with Gasteiger partial charge in [-0.3, -0.25) is 9.69 Å². The number of amides is 1. The summed E-state index contributed by atoms with van der Waals surface area (Å²) in [5.74, 6) is 2.50. The third kappa shape index (κ3) is 4.86. The van der Waals surface area contributed by atoms with Crippen LogP contribution in [0, 0.1) is 6.92 Å². The Kier molecular flexibility index (Phi) is 6.30. The molecule has 1 aromatic heterocycles. The lowest BCUT2D eigenvalue weighted by atomic mass is 10.1. The first kappa shape index (κ1) is 18.5. The molecule has 0 saturated carbocycles. The molecule has 0 spiro atoms. The van der Waals surface area contributed by atoms with Gasteiger partial charge in [-0.05, 0) is 36.8 Å². The SMILES string of the molecule is COc1cccc(CC(=O)NC[C@H](c2ccc(C)o2)N2CCOCC2)c1. The second kappa shape index (κ2) is 8.87. The molecule has 1 saturated heterocycles. The molecule has 6 nitrogen and oxygen atoms in total. The van der Waals surface area contributed by atoms with Crippen molar-refractivity contribution in [2.75, 3.05) is 40.0 Å². The molecule has 3 rings (SSSR count). The molecule has 1 N–H and O–H groups in total. The van der Waals surface area contributed by atoms with Crippen LogP contribution in [0.5, 0.6) is 5.75 Å². The number of nitrogens with zero attached hydrogens (tertiary/aromatic N) is 1. The Morgan fingerprint density at radius 1 is 1.27 bits per heavy atom. The topological polar surface area (TPSA) is 63.9 Å². The fourth-order valence-corrected chi connectivity index (χ4v) is 3.17. The van der Waals surface area contributed by atoms with Gasteiger partial charge < -0.3 is 19.2 Å². The molecule has 2 heterocycles. The zero-order valence-electron chi connectivity index (χ0n) is 15.4. The molecule has 1 aliphatic rings. The van der Waals surface area contributed by atoms with Crippen molar-refractivity contribution in [2.45, 2.75) is 19.4 Å². The summed E-state index contributed by atoms with van der Waals surface area (Å²) < 4.78 is 16.5. The van der Waals surface area contributed by atoms with E-state index in [2.05, 4.69) is 10.2 Å². The third-order valence-corrected chi connectivity index (χ3v) is 4.57. The van der Waals surface area contributed by atoms with Crippen LogP contribution in [0.4, 0.5) is 0 Å². The smallest absolute Gasteiger partial charge is 0.224 e.